The SMILES string of the molecule is Cc1cccc(C(=O)OCC(=O)Nc2ccc3c(c2)OC2(CCCCC2)O3)c1O. The first-order valence-corrected chi connectivity index (χ1v) is 9.73. The molecule has 2 aromatic carbocycles. The van der Waals surface area contributed by atoms with Gasteiger partial charge in [0.05, 0.1) is 0 Å². The number of hydrogen-bond donors (Lipinski definition) is 2. The number of amides is 1. The molecule has 1 amide bonds. The van der Waals surface area contributed by atoms with Gasteiger partial charge in [-0.05, 0) is 43.5 Å². The molecule has 1 spiro atoms. The molecule has 152 valence electrons. The van der Waals surface area contributed by atoms with Crippen LogP contribution in [0.25, 0.3) is 0 Å². The van der Waals surface area contributed by atoms with E-state index in [2.05, 4.69) is 5.32 Å². The minimum Gasteiger partial charge on any atom is -0.507 e. The number of nitrogens with one attached hydrogen (secondary N) is 1. The Morgan fingerprint density at radius 1 is 1.10 bits per heavy atom. The molecule has 0 bridgehead atoms. The van der Waals surface area contributed by atoms with Crippen LogP contribution < -0.4 is 14.8 Å². The maximum absolute atomic E-state index is 12.2. The fourth-order valence-electron chi connectivity index (χ4n) is 3.70. The summed E-state index contributed by atoms with van der Waals surface area (Å²) < 4.78 is 17.1. The second-order valence-corrected chi connectivity index (χ2v) is 7.43. The Labute approximate surface area is 168 Å². The fraction of sp³-hybridized carbons (Fsp3) is 0.364. The van der Waals surface area contributed by atoms with Crippen molar-refractivity contribution in [2.45, 2.75) is 44.8 Å². The van der Waals surface area contributed by atoms with Gasteiger partial charge in [0.25, 0.3) is 11.7 Å². The van der Waals surface area contributed by atoms with E-state index in [1.807, 2.05) is 0 Å². The van der Waals surface area contributed by atoms with Crippen LogP contribution in [0, 0.1) is 6.92 Å². The summed E-state index contributed by atoms with van der Waals surface area (Å²) in [4.78, 5) is 24.3. The van der Waals surface area contributed by atoms with Crippen molar-refractivity contribution in [2.75, 3.05) is 11.9 Å². The summed E-state index contributed by atoms with van der Waals surface area (Å²) in [5.41, 5.74) is 1.11. The van der Waals surface area contributed by atoms with E-state index in [9.17, 15) is 14.7 Å². The number of ether oxygens (including phenoxy) is 3. The number of carbonyl (C=O) groups is 2. The lowest BCUT2D eigenvalue weighted by Gasteiger charge is -2.31. The van der Waals surface area contributed by atoms with Crippen LogP contribution in [0.2, 0.25) is 0 Å². The average molecular weight is 397 g/mol. The zero-order valence-electron chi connectivity index (χ0n) is 16.2. The Morgan fingerprint density at radius 2 is 1.86 bits per heavy atom. The molecule has 4 rings (SSSR count). The number of benzene rings is 2. The molecule has 0 aromatic heterocycles. The molecule has 2 aromatic rings. The first-order valence-electron chi connectivity index (χ1n) is 9.73. The van der Waals surface area contributed by atoms with Gasteiger partial charge in [0.2, 0.25) is 0 Å². The molecule has 0 radical (unpaired) electrons. The smallest absolute Gasteiger partial charge is 0.342 e. The van der Waals surface area contributed by atoms with Crippen LogP contribution in [0.4, 0.5) is 5.69 Å². The van der Waals surface area contributed by atoms with E-state index in [1.165, 1.54) is 12.5 Å². The monoisotopic (exact) mass is 397 g/mol. The number of phenols is 1. The molecule has 2 N–H and O–H groups in total. The predicted molar refractivity (Wildman–Crippen MR) is 105 cm³/mol. The molecule has 1 aliphatic carbocycles. The van der Waals surface area contributed by atoms with Gasteiger partial charge in [0.15, 0.2) is 18.1 Å². The highest BCUT2D eigenvalue weighted by molar-refractivity contribution is 5.97. The first kappa shape index (κ1) is 19.1. The first-order chi connectivity index (χ1) is 14.0. The number of phenolic OH excluding ortho intramolecular Hbond substituents is 1. The quantitative estimate of drug-likeness (QED) is 0.760. The van der Waals surface area contributed by atoms with Crippen LogP contribution in [-0.2, 0) is 9.53 Å². The summed E-state index contributed by atoms with van der Waals surface area (Å²) in [7, 11) is 0. The van der Waals surface area contributed by atoms with Gasteiger partial charge in [-0.3, -0.25) is 4.79 Å². The fourth-order valence-corrected chi connectivity index (χ4v) is 3.70. The molecular weight excluding hydrogens is 374 g/mol. The molecule has 1 fully saturated rings. The van der Waals surface area contributed by atoms with Crippen molar-refractivity contribution < 1.29 is 28.9 Å². The number of carbonyl (C=O) groups excluding carboxylic acids is 2. The molecule has 0 unspecified atom stereocenters. The predicted octanol–water partition coefficient (Wildman–Crippen LogP) is 3.93. The Bertz CT molecular complexity index is 948. The second kappa shape index (κ2) is 7.66. The van der Waals surface area contributed by atoms with Gasteiger partial charge in [-0.25, -0.2) is 4.79 Å². The molecular formula is C22H23NO6. The Kier molecular flexibility index (Phi) is 5.05. The zero-order valence-corrected chi connectivity index (χ0v) is 16.2. The molecule has 7 heteroatoms. The number of anilines is 1. The van der Waals surface area contributed by atoms with Crippen molar-refractivity contribution >= 4 is 17.6 Å². The number of fused-ring (bicyclic) bond motifs is 1. The number of hydrogen-bond acceptors (Lipinski definition) is 6. The third kappa shape index (κ3) is 3.99. The highest BCUT2D eigenvalue weighted by Gasteiger charge is 2.42. The molecule has 2 aliphatic rings. The van der Waals surface area contributed by atoms with Gasteiger partial charge in [0, 0.05) is 24.6 Å². The van der Waals surface area contributed by atoms with Crippen molar-refractivity contribution in [3.63, 3.8) is 0 Å². The topological polar surface area (TPSA) is 94.1 Å². The lowest BCUT2D eigenvalue weighted by atomic mass is 9.94. The molecule has 0 saturated heterocycles. The average Bonchev–Trinajstić information content (AvgIpc) is 3.05. The van der Waals surface area contributed by atoms with Crippen molar-refractivity contribution in [1.82, 2.24) is 0 Å². The van der Waals surface area contributed by atoms with E-state index in [-0.39, 0.29) is 11.3 Å². The van der Waals surface area contributed by atoms with Crippen LogP contribution in [0.1, 0.15) is 48.0 Å². The summed E-state index contributed by atoms with van der Waals surface area (Å²) in [6.07, 6.45) is 5.03. The standard InChI is InChI=1S/C22H23NO6/c1-14-6-5-7-16(20(14)25)21(26)27-13-19(24)23-15-8-9-17-18(12-15)29-22(28-17)10-3-2-4-11-22/h5-9,12,25H,2-4,10-11,13H2,1H3,(H,23,24). The summed E-state index contributed by atoms with van der Waals surface area (Å²) in [5.74, 6) is -0.694. The van der Waals surface area contributed by atoms with Gasteiger partial charge in [-0.2, -0.15) is 0 Å². The maximum Gasteiger partial charge on any atom is 0.342 e. The summed E-state index contributed by atoms with van der Waals surface area (Å²) in [5, 5.41) is 12.6. The van der Waals surface area contributed by atoms with Crippen molar-refractivity contribution in [1.29, 1.82) is 0 Å². The number of rotatable bonds is 4. The highest BCUT2D eigenvalue weighted by atomic mass is 16.7. The lowest BCUT2D eigenvalue weighted by molar-refractivity contribution is -0.119. The maximum atomic E-state index is 12.2. The van der Waals surface area contributed by atoms with Crippen molar-refractivity contribution in [3.8, 4) is 17.2 Å². The van der Waals surface area contributed by atoms with Crippen LogP contribution >= 0.6 is 0 Å². The van der Waals surface area contributed by atoms with E-state index in [1.54, 1.807) is 37.3 Å². The van der Waals surface area contributed by atoms with Crippen molar-refractivity contribution in [2.24, 2.45) is 0 Å². The largest absolute Gasteiger partial charge is 0.507 e. The Hall–Kier alpha value is -3.22. The molecule has 0 atom stereocenters. The van der Waals surface area contributed by atoms with E-state index < -0.39 is 24.3 Å². The van der Waals surface area contributed by atoms with Crippen molar-refractivity contribution in [3.05, 3.63) is 47.5 Å². The highest BCUT2D eigenvalue weighted by Crippen LogP contribution is 2.46. The zero-order chi connectivity index (χ0) is 20.4. The van der Waals surface area contributed by atoms with E-state index in [0.717, 1.165) is 25.7 Å². The molecule has 7 nitrogen and oxygen atoms in total. The van der Waals surface area contributed by atoms with Gasteiger partial charge < -0.3 is 24.6 Å². The third-order valence-electron chi connectivity index (χ3n) is 5.23. The van der Waals surface area contributed by atoms with Gasteiger partial charge >= 0.3 is 5.97 Å². The Balaban J connectivity index is 1.35. The number of aromatic hydroxyl groups is 1. The minimum atomic E-state index is -0.758. The molecule has 1 aliphatic heterocycles. The van der Waals surface area contributed by atoms with Crippen LogP contribution in [0.15, 0.2) is 36.4 Å². The van der Waals surface area contributed by atoms with Gasteiger partial charge in [-0.15, -0.1) is 0 Å². The normalized spacial score (nSPS) is 16.4. The molecule has 1 heterocycles. The van der Waals surface area contributed by atoms with Gasteiger partial charge in [0.1, 0.15) is 11.3 Å². The van der Waals surface area contributed by atoms with Gasteiger partial charge in [-0.1, -0.05) is 18.6 Å². The number of esters is 1. The molecule has 1 saturated carbocycles. The number of aryl methyl sites for hydroxylation is 1. The molecule has 29 heavy (non-hydrogen) atoms. The van der Waals surface area contributed by atoms with Crippen LogP contribution in [0.5, 0.6) is 17.2 Å². The van der Waals surface area contributed by atoms with Crippen LogP contribution in [-0.4, -0.2) is 29.4 Å². The summed E-state index contributed by atoms with van der Waals surface area (Å²) in [6, 6.07) is 9.96. The third-order valence-corrected chi connectivity index (χ3v) is 5.23. The summed E-state index contributed by atoms with van der Waals surface area (Å²) >= 11 is 0. The van der Waals surface area contributed by atoms with E-state index >= 15 is 0 Å². The van der Waals surface area contributed by atoms with E-state index in [0.29, 0.717) is 22.7 Å². The van der Waals surface area contributed by atoms with Crippen LogP contribution in [0.3, 0.4) is 0 Å². The number of para-hydroxylation sites is 1. The second-order valence-electron chi connectivity index (χ2n) is 7.43. The summed E-state index contributed by atoms with van der Waals surface area (Å²) in [6.45, 7) is 1.21. The van der Waals surface area contributed by atoms with E-state index in [4.69, 9.17) is 14.2 Å². The minimum absolute atomic E-state index is 0.0265. The lowest BCUT2D eigenvalue weighted by Crippen LogP contribution is -2.40. The Morgan fingerprint density at radius 3 is 2.66 bits per heavy atom.